The molecule has 1 saturated heterocycles. The van der Waals surface area contributed by atoms with E-state index in [9.17, 15) is 14.0 Å². The van der Waals surface area contributed by atoms with Crippen LogP contribution in [0, 0.1) is 5.95 Å². The first-order chi connectivity index (χ1) is 11.0. The van der Waals surface area contributed by atoms with Gasteiger partial charge in [-0.15, -0.1) is 0 Å². The van der Waals surface area contributed by atoms with Gasteiger partial charge in [0.2, 0.25) is 11.9 Å². The molecular weight excluding hydrogens is 321 g/mol. The fourth-order valence-electron chi connectivity index (χ4n) is 2.52. The van der Waals surface area contributed by atoms with Crippen molar-refractivity contribution in [1.82, 2.24) is 10.3 Å². The molecule has 1 fully saturated rings. The third kappa shape index (κ3) is 3.32. The smallest absolute Gasteiger partial charge is 0.251 e. The summed E-state index contributed by atoms with van der Waals surface area (Å²) < 4.78 is 13.1. The highest BCUT2D eigenvalue weighted by molar-refractivity contribution is 6.33. The van der Waals surface area contributed by atoms with E-state index in [4.69, 9.17) is 11.6 Å². The number of pyridine rings is 1. The lowest BCUT2D eigenvalue weighted by molar-refractivity contribution is -0.117. The van der Waals surface area contributed by atoms with E-state index in [1.807, 2.05) is 0 Å². The number of carbonyl (C=O) groups is 2. The van der Waals surface area contributed by atoms with Gasteiger partial charge in [-0.25, -0.2) is 4.98 Å². The Morgan fingerprint density at radius 2 is 2.13 bits per heavy atom. The zero-order valence-corrected chi connectivity index (χ0v) is 12.8. The molecule has 3 rings (SSSR count). The van der Waals surface area contributed by atoms with Crippen LogP contribution in [0.3, 0.4) is 0 Å². The van der Waals surface area contributed by atoms with Crippen molar-refractivity contribution in [3.8, 4) is 0 Å². The Morgan fingerprint density at radius 1 is 1.35 bits per heavy atom. The number of hydrogen-bond donors (Lipinski definition) is 1. The summed E-state index contributed by atoms with van der Waals surface area (Å²) in [6.45, 7) is 0.321. The summed E-state index contributed by atoms with van der Waals surface area (Å²) in [5, 5.41) is 3.21. The van der Waals surface area contributed by atoms with Gasteiger partial charge >= 0.3 is 0 Å². The quantitative estimate of drug-likeness (QED) is 0.877. The second-order valence-corrected chi connectivity index (χ2v) is 5.60. The van der Waals surface area contributed by atoms with Crippen LogP contribution in [0.25, 0.3) is 0 Å². The molecule has 0 radical (unpaired) electrons. The minimum Gasteiger partial charge on any atom is -0.347 e. The summed E-state index contributed by atoms with van der Waals surface area (Å²) in [4.78, 5) is 29.2. The van der Waals surface area contributed by atoms with E-state index in [2.05, 4.69) is 10.3 Å². The van der Waals surface area contributed by atoms with Crippen molar-refractivity contribution in [1.29, 1.82) is 0 Å². The molecule has 0 spiro atoms. The Balaban J connectivity index is 1.71. The van der Waals surface area contributed by atoms with Crippen molar-refractivity contribution in [3.05, 3.63) is 59.1 Å². The molecule has 1 aromatic carbocycles. The van der Waals surface area contributed by atoms with Crippen LogP contribution in [0.2, 0.25) is 5.02 Å². The molecule has 2 heterocycles. The van der Waals surface area contributed by atoms with Crippen LogP contribution in [0.5, 0.6) is 0 Å². The number of nitrogens with zero attached hydrogens (tertiary/aromatic N) is 2. The van der Waals surface area contributed by atoms with Crippen LogP contribution in [0.1, 0.15) is 16.8 Å². The van der Waals surface area contributed by atoms with E-state index in [1.165, 1.54) is 12.3 Å². The third-order valence-corrected chi connectivity index (χ3v) is 3.91. The summed E-state index contributed by atoms with van der Waals surface area (Å²) >= 11 is 6.11. The second kappa shape index (κ2) is 6.34. The normalized spacial score (nSPS) is 17.4. The van der Waals surface area contributed by atoms with Gasteiger partial charge in [0.25, 0.3) is 5.91 Å². The number of aromatic nitrogens is 1. The van der Waals surface area contributed by atoms with E-state index >= 15 is 0 Å². The Hall–Kier alpha value is -2.47. The lowest BCUT2D eigenvalue weighted by atomic mass is 10.2. The van der Waals surface area contributed by atoms with Gasteiger partial charge in [-0.1, -0.05) is 23.7 Å². The highest BCUT2D eigenvalue weighted by Crippen LogP contribution is 2.29. The topological polar surface area (TPSA) is 62.3 Å². The molecule has 23 heavy (non-hydrogen) atoms. The summed E-state index contributed by atoms with van der Waals surface area (Å²) in [6.07, 6.45) is 1.39. The fourth-order valence-corrected chi connectivity index (χ4v) is 2.76. The van der Waals surface area contributed by atoms with Crippen molar-refractivity contribution in [3.63, 3.8) is 0 Å². The van der Waals surface area contributed by atoms with Crippen LogP contribution in [0.15, 0.2) is 42.6 Å². The molecule has 0 bridgehead atoms. The molecule has 0 aliphatic carbocycles. The molecule has 1 aromatic heterocycles. The van der Waals surface area contributed by atoms with Gasteiger partial charge in [0.15, 0.2) is 0 Å². The maximum absolute atomic E-state index is 13.1. The van der Waals surface area contributed by atoms with E-state index in [0.717, 1.165) is 6.07 Å². The maximum atomic E-state index is 13.1. The first-order valence-electron chi connectivity index (χ1n) is 7.02. The summed E-state index contributed by atoms with van der Waals surface area (Å²) in [7, 11) is 0. The van der Waals surface area contributed by atoms with Crippen LogP contribution >= 0.6 is 11.6 Å². The van der Waals surface area contributed by atoms with Crippen molar-refractivity contribution < 1.29 is 14.0 Å². The van der Waals surface area contributed by atoms with E-state index < -0.39 is 11.9 Å². The van der Waals surface area contributed by atoms with Crippen LogP contribution in [-0.4, -0.2) is 29.4 Å². The Morgan fingerprint density at radius 3 is 2.87 bits per heavy atom. The van der Waals surface area contributed by atoms with E-state index in [1.54, 1.807) is 29.2 Å². The lowest BCUT2D eigenvalue weighted by Crippen LogP contribution is -2.37. The van der Waals surface area contributed by atoms with Gasteiger partial charge in [-0.3, -0.25) is 9.59 Å². The average Bonchev–Trinajstić information content (AvgIpc) is 2.88. The van der Waals surface area contributed by atoms with Crippen molar-refractivity contribution in [2.75, 3.05) is 11.4 Å². The molecule has 1 aliphatic rings. The van der Waals surface area contributed by atoms with Crippen molar-refractivity contribution >= 4 is 29.1 Å². The molecular formula is C16H13ClFN3O2. The lowest BCUT2D eigenvalue weighted by Gasteiger charge is -2.18. The number of para-hydroxylation sites is 1. The first kappa shape index (κ1) is 15.4. The van der Waals surface area contributed by atoms with Crippen LogP contribution in [0.4, 0.5) is 10.1 Å². The van der Waals surface area contributed by atoms with Crippen molar-refractivity contribution in [2.45, 2.75) is 12.5 Å². The summed E-state index contributed by atoms with van der Waals surface area (Å²) in [5.74, 6) is -1.28. The number of nitrogens with one attached hydrogen (secondary N) is 1. The number of halogens is 2. The largest absolute Gasteiger partial charge is 0.347 e. The monoisotopic (exact) mass is 333 g/mol. The summed E-state index contributed by atoms with van der Waals surface area (Å²) in [5.41, 5.74) is 0.784. The summed E-state index contributed by atoms with van der Waals surface area (Å²) in [6, 6.07) is 9.14. The molecule has 1 atom stereocenters. The third-order valence-electron chi connectivity index (χ3n) is 3.59. The van der Waals surface area contributed by atoms with Gasteiger partial charge in [-0.2, -0.15) is 4.39 Å². The zero-order valence-electron chi connectivity index (χ0n) is 12.0. The average molecular weight is 334 g/mol. The number of benzene rings is 1. The molecule has 5 nitrogen and oxygen atoms in total. The van der Waals surface area contributed by atoms with Gasteiger partial charge in [0, 0.05) is 30.8 Å². The molecule has 1 N–H and O–H groups in total. The van der Waals surface area contributed by atoms with E-state index in [0.29, 0.717) is 17.3 Å². The van der Waals surface area contributed by atoms with Crippen LogP contribution in [-0.2, 0) is 4.79 Å². The molecule has 1 unspecified atom stereocenters. The standard InChI is InChI=1S/C16H13ClFN3O2/c17-12-3-1-2-4-13(12)21-9-11(8-15(21)22)20-16(23)10-5-6-19-14(18)7-10/h1-7,11H,8-9H2,(H,20,23). The first-order valence-corrected chi connectivity index (χ1v) is 7.39. The number of rotatable bonds is 3. The molecule has 118 valence electrons. The number of amides is 2. The van der Waals surface area contributed by atoms with Crippen LogP contribution < -0.4 is 10.2 Å². The van der Waals surface area contributed by atoms with Gasteiger partial charge in [-0.05, 0) is 18.2 Å². The van der Waals surface area contributed by atoms with Gasteiger partial charge in [0.1, 0.15) is 0 Å². The van der Waals surface area contributed by atoms with E-state index in [-0.39, 0.29) is 23.9 Å². The Kier molecular flexibility index (Phi) is 4.25. The maximum Gasteiger partial charge on any atom is 0.251 e. The molecule has 2 aromatic rings. The molecule has 2 amide bonds. The Labute approximate surface area is 137 Å². The zero-order chi connectivity index (χ0) is 16.4. The number of anilines is 1. The molecule has 1 aliphatic heterocycles. The van der Waals surface area contributed by atoms with Gasteiger partial charge < -0.3 is 10.2 Å². The fraction of sp³-hybridized carbons (Fsp3) is 0.188. The van der Waals surface area contributed by atoms with Gasteiger partial charge in [0.05, 0.1) is 16.8 Å². The number of carbonyl (C=O) groups excluding carboxylic acids is 2. The number of hydrogen-bond acceptors (Lipinski definition) is 3. The molecule has 7 heteroatoms. The molecule has 0 saturated carbocycles. The second-order valence-electron chi connectivity index (χ2n) is 5.20. The highest BCUT2D eigenvalue weighted by atomic mass is 35.5. The highest BCUT2D eigenvalue weighted by Gasteiger charge is 2.32. The minimum atomic E-state index is -0.724. The van der Waals surface area contributed by atoms with Crippen molar-refractivity contribution in [2.24, 2.45) is 0 Å². The minimum absolute atomic E-state index is 0.121. The SMILES string of the molecule is O=C(NC1CC(=O)N(c2ccccc2Cl)C1)c1ccnc(F)c1. The predicted octanol–water partition coefficient (Wildman–Crippen LogP) is 2.41. The Bertz CT molecular complexity index is 768. The predicted molar refractivity (Wildman–Crippen MR) is 83.9 cm³/mol.